The minimum absolute atomic E-state index is 0.0397. The van der Waals surface area contributed by atoms with Gasteiger partial charge in [-0.2, -0.15) is 5.10 Å². The molecule has 0 bridgehead atoms. The van der Waals surface area contributed by atoms with E-state index in [1.165, 1.54) is 0 Å². The lowest BCUT2D eigenvalue weighted by Gasteiger charge is -2.20. The number of nitrogens with two attached hydrogens (primary N) is 1. The molecule has 17 heavy (non-hydrogen) atoms. The first-order valence-electron chi connectivity index (χ1n) is 6.45. The molecule has 0 aliphatic heterocycles. The fourth-order valence-electron chi connectivity index (χ4n) is 1.96. The van der Waals surface area contributed by atoms with Gasteiger partial charge in [-0.1, -0.05) is 13.8 Å². The molecule has 0 aromatic carbocycles. The molecule has 0 spiro atoms. The number of hydrogen-bond acceptors (Lipinski definition) is 3. The summed E-state index contributed by atoms with van der Waals surface area (Å²) in [6, 6.07) is 2.18. The van der Waals surface area contributed by atoms with Crippen LogP contribution in [-0.2, 0) is 17.7 Å². The SMILES string of the molecule is CCc1cc(C(N)C(C)CCOC)n(CC)n1. The summed E-state index contributed by atoms with van der Waals surface area (Å²) in [5, 5.41) is 4.54. The number of rotatable bonds is 7. The topological polar surface area (TPSA) is 53.1 Å². The Labute approximate surface area is 104 Å². The summed E-state index contributed by atoms with van der Waals surface area (Å²) in [6.45, 7) is 8.02. The minimum Gasteiger partial charge on any atom is -0.385 e. The van der Waals surface area contributed by atoms with E-state index < -0.39 is 0 Å². The molecule has 0 saturated heterocycles. The summed E-state index contributed by atoms with van der Waals surface area (Å²) >= 11 is 0. The van der Waals surface area contributed by atoms with Crippen LogP contribution in [0.25, 0.3) is 0 Å². The van der Waals surface area contributed by atoms with Crippen LogP contribution in [0.5, 0.6) is 0 Å². The third-order valence-electron chi connectivity index (χ3n) is 3.26. The van der Waals surface area contributed by atoms with Gasteiger partial charge in [-0.3, -0.25) is 4.68 Å². The molecule has 0 fully saturated rings. The van der Waals surface area contributed by atoms with Gasteiger partial charge in [0.15, 0.2) is 0 Å². The van der Waals surface area contributed by atoms with E-state index in [4.69, 9.17) is 10.5 Å². The van der Waals surface area contributed by atoms with E-state index in [9.17, 15) is 0 Å². The number of aryl methyl sites for hydroxylation is 2. The fraction of sp³-hybridized carbons (Fsp3) is 0.769. The predicted octanol–water partition coefficient (Wildman–Crippen LogP) is 2.14. The van der Waals surface area contributed by atoms with Gasteiger partial charge in [0.1, 0.15) is 0 Å². The van der Waals surface area contributed by atoms with Crippen molar-refractivity contribution >= 4 is 0 Å². The molecule has 2 N–H and O–H groups in total. The first kappa shape index (κ1) is 14.2. The van der Waals surface area contributed by atoms with E-state index in [1.54, 1.807) is 7.11 Å². The summed E-state index contributed by atoms with van der Waals surface area (Å²) in [6.07, 6.45) is 1.94. The second kappa shape index (κ2) is 6.77. The smallest absolute Gasteiger partial charge is 0.0625 e. The molecule has 0 saturated carbocycles. The lowest BCUT2D eigenvalue weighted by atomic mass is 9.96. The van der Waals surface area contributed by atoms with Gasteiger partial charge < -0.3 is 10.5 Å². The highest BCUT2D eigenvalue weighted by Gasteiger charge is 2.19. The summed E-state index contributed by atoms with van der Waals surface area (Å²) < 4.78 is 7.12. The Kier molecular flexibility index (Phi) is 5.65. The van der Waals surface area contributed by atoms with Crippen molar-refractivity contribution in [1.29, 1.82) is 0 Å². The van der Waals surface area contributed by atoms with Gasteiger partial charge in [0, 0.05) is 26.3 Å². The van der Waals surface area contributed by atoms with Crippen molar-refractivity contribution in [2.45, 2.75) is 46.2 Å². The molecule has 4 nitrogen and oxygen atoms in total. The van der Waals surface area contributed by atoms with Crippen molar-refractivity contribution in [1.82, 2.24) is 9.78 Å². The number of methoxy groups -OCH3 is 1. The maximum absolute atomic E-state index is 6.31. The zero-order valence-corrected chi connectivity index (χ0v) is 11.4. The van der Waals surface area contributed by atoms with E-state index in [2.05, 4.69) is 31.9 Å². The average Bonchev–Trinajstić information content (AvgIpc) is 2.78. The van der Waals surface area contributed by atoms with Crippen molar-refractivity contribution in [2.75, 3.05) is 13.7 Å². The number of ether oxygens (including phenoxy) is 1. The highest BCUT2D eigenvalue weighted by atomic mass is 16.5. The molecule has 1 aromatic heterocycles. The highest BCUT2D eigenvalue weighted by Crippen LogP contribution is 2.23. The molecular formula is C13H25N3O. The van der Waals surface area contributed by atoms with Gasteiger partial charge in [-0.05, 0) is 31.7 Å². The van der Waals surface area contributed by atoms with Crippen LogP contribution >= 0.6 is 0 Å². The van der Waals surface area contributed by atoms with Crippen LogP contribution in [0.3, 0.4) is 0 Å². The monoisotopic (exact) mass is 239 g/mol. The zero-order valence-electron chi connectivity index (χ0n) is 11.4. The van der Waals surface area contributed by atoms with Crippen LogP contribution in [0.15, 0.2) is 6.07 Å². The normalized spacial score (nSPS) is 14.9. The van der Waals surface area contributed by atoms with E-state index in [-0.39, 0.29) is 6.04 Å². The minimum atomic E-state index is 0.0397. The third kappa shape index (κ3) is 3.54. The van der Waals surface area contributed by atoms with Crippen molar-refractivity contribution in [2.24, 2.45) is 11.7 Å². The second-order valence-corrected chi connectivity index (χ2v) is 4.51. The molecular weight excluding hydrogens is 214 g/mol. The number of nitrogens with zero attached hydrogens (tertiary/aromatic N) is 2. The lowest BCUT2D eigenvalue weighted by molar-refractivity contribution is 0.173. The largest absolute Gasteiger partial charge is 0.385 e. The molecule has 0 aliphatic rings. The summed E-state index contributed by atoms with van der Waals surface area (Å²) in [4.78, 5) is 0. The Morgan fingerprint density at radius 1 is 1.47 bits per heavy atom. The van der Waals surface area contributed by atoms with Gasteiger partial charge >= 0.3 is 0 Å². The Morgan fingerprint density at radius 2 is 2.18 bits per heavy atom. The molecule has 2 unspecified atom stereocenters. The Hall–Kier alpha value is -0.870. The Bertz CT molecular complexity index is 335. The van der Waals surface area contributed by atoms with E-state index in [0.717, 1.165) is 37.4 Å². The van der Waals surface area contributed by atoms with Crippen molar-refractivity contribution in [3.63, 3.8) is 0 Å². The highest BCUT2D eigenvalue weighted by molar-refractivity contribution is 5.14. The predicted molar refractivity (Wildman–Crippen MR) is 69.9 cm³/mol. The molecule has 1 aromatic rings. The molecule has 4 heteroatoms. The zero-order chi connectivity index (χ0) is 12.8. The number of aromatic nitrogens is 2. The molecule has 0 amide bonds. The van der Waals surface area contributed by atoms with Gasteiger partial charge in [-0.15, -0.1) is 0 Å². The first-order valence-corrected chi connectivity index (χ1v) is 6.45. The quantitative estimate of drug-likeness (QED) is 0.793. The van der Waals surface area contributed by atoms with Crippen molar-refractivity contribution in [3.8, 4) is 0 Å². The van der Waals surface area contributed by atoms with Gasteiger partial charge in [0.25, 0.3) is 0 Å². The summed E-state index contributed by atoms with van der Waals surface area (Å²) in [7, 11) is 1.73. The molecule has 0 aliphatic carbocycles. The van der Waals surface area contributed by atoms with E-state index >= 15 is 0 Å². The van der Waals surface area contributed by atoms with Crippen LogP contribution < -0.4 is 5.73 Å². The molecule has 1 heterocycles. The maximum Gasteiger partial charge on any atom is 0.0625 e. The molecule has 1 rings (SSSR count). The summed E-state index contributed by atoms with van der Waals surface area (Å²) in [5.41, 5.74) is 8.58. The average molecular weight is 239 g/mol. The van der Waals surface area contributed by atoms with Gasteiger partial charge in [0.05, 0.1) is 11.4 Å². The van der Waals surface area contributed by atoms with Crippen molar-refractivity contribution < 1.29 is 4.74 Å². The second-order valence-electron chi connectivity index (χ2n) is 4.51. The molecule has 0 radical (unpaired) electrons. The van der Waals surface area contributed by atoms with E-state index in [0.29, 0.717) is 5.92 Å². The molecule has 98 valence electrons. The van der Waals surface area contributed by atoms with Crippen LogP contribution in [0.2, 0.25) is 0 Å². The van der Waals surface area contributed by atoms with Crippen LogP contribution in [0.1, 0.15) is 44.6 Å². The fourth-order valence-corrected chi connectivity index (χ4v) is 1.96. The Balaban J connectivity index is 2.78. The van der Waals surface area contributed by atoms with Crippen LogP contribution in [0, 0.1) is 5.92 Å². The summed E-state index contributed by atoms with van der Waals surface area (Å²) in [5.74, 6) is 0.404. The molecule has 2 atom stereocenters. The van der Waals surface area contributed by atoms with Crippen LogP contribution in [0.4, 0.5) is 0 Å². The standard InChI is InChI=1S/C13H25N3O/c1-5-11-9-12(16(6-2)15-11)13(14)10(3)7-8-17-4/h9-10,13H,5-8,14H2,1-4H3. The van der Waals surface area contributed by atoms with Crippen LogP contribution in [-0.4, -0.2) is 23.5 Å². The van der Waals surface area contributed by atoms with E-state index in [1.807, 2.05) is 4.68 Å². The van der Waals surface area contributed by atoms with Gasteiger partial charge in [0.2, 0.25) is 0 Å². The maximum atomic E-state index is 6.31. The van der Waals surface area contributed by atoms with Crippen molar-refractivity contribution in [3.05, 3.63) is 17.5 Å². The number of hydrogen-bond donors (Lipinski definition) is 1. The van der Waals surface area contributed by atoms with Gasteiger partial charge in [-0.25, -0.2) is 0 Å². The third-order valence-corrected chi connectivity index (χ3v) is 3.26. The first-order chi connectivity index (χ1) is 8.13. The Morgan fingerprint density at radius 3 is 2.71 bits per heavy atom. The lowest BCUT2D eigenvalue weighted by Crippen LogP contribution is -2.23.